The molecule has 2 aliphatic carbocycles. The number of allylic oxidation sites excluding steroid dienone is 2. The highest BCUT2D eigenvalue weighted by molar-refractivity contribution is 5.14. The summed E-state index contributed by atoms with van der Waals surface area (Å²) in [5, 5.41) is 3.66. The Labute approximate surface area is 103 Å². The molecule has 0 saturated heterocycles. The van der Waals surface area contributed by atoms with Crippen LogP contribution >= 0.6 is 0 Å². The Balaban J connectivity index is 1.53. The van der Waals surface area contributed by atoms with Crippen LogP contribution in [0, 0.1) is 17.8 Å². The zero-order valence-electron chi connectivity index (χ0n) is 10.3. The fourth-order valence-corrected chi connectivity index (χ4v) is 3.23. The second-order valence-corrected chi connectivity index (χ2v) is 5.45. The minimum absolute atomic E-state index is 0.432. The van der Waals surface area contributed by atoms with E-state index in [2.05, 4.69) is 41.5 Å². The molecule has 1 aromatic rings. The van der Waals surface area contributed by atoms with Crippen molar-refractivity contribution >= 4 is 0 Å². The summed E-state index contributed by atoms with van der Waals surface area (Å²) in [4.78, 5) is 4.06. The molecule has 0 radical (unpaired) electrons. The third-order valence-electron chi connectivity index (χ3n) is 4.31. The monoisotopic (exact) mass is 228 g/mol. The Kier molecular flexibility index (Phi) is 2.98. The van der Waals surface area contributed by atoms with Crippen LogP contribution in [0.1, 0.15) is 31.4 Å². The Morgan fingerprint density at radius 3 is 2.76 bits per heavy atom. The van der Waals surface area contributed by atoms with Crippen molar-refractivity contribution in [3.63, 3.8) is 0 Å². The van der Waals surface area contributed by atoms with Gasteiger partial charge < -0.3 is 5.32 Å². The molecule has 17 heavy (non-hydrogen) atoms. The van der Waals surface area contributed by atoms with Crippen LogP contribution in [0.2, 0.25) is 0 Å². The van der Waals surface area contributed by atoms with Gasteiger partial charge in [-0.05, 0) is 61.8 Å². The van der Waals surface area contributed by atoms with Gasteiger partial charge in [-0.3, -0.25) is 4.98 Å². The average Bonchev–Trinajstić information content (AvgIpc) is 2.99. The molecule has 2 nitrogen and oxygen atoms in total. The first-order chi connectivity index (χ1) is 8.33. The highest BCUT2D eigenvalue weighted by atomic mass is 14.9. The summed E-state index contributed by atoms with van der Waals surface area (Å²) in [7, 11) is 0. The van der Waals surface area contributed by atoms with Crippen molar-refractivity contribution < 1.29 is 0 Å². The molecule has 90 valence electrons. The number of rotatable bonds is 4. The van der Waals surface area contributed by atoms with Gasteiger partial charge in [-0.15, -0.1) is 0 Å². The maximum absolute atomic E-state index is 4.06. The maximum atomic E-state index is 4.06. The highest BCUT2D eigenvalue weighted by Gasteiger charge is 2.35. The molecule has 2 heteroatoms. The normalized spacial score (nSPS) is 31.9. The van der Waals surface area contributed by atoms with Crippen molar-refractivity contribution in [3.05, 3.63) is 42.2 Å². The van der Waals surface area contributed by atoms with E-state index < -0.39 is 0 Å². The van der Waals surface area contributed by atoms with Gasteiger partial charge in [-0.2, -0.15) is 0 Å². The van der Waals surface area contributed by atoms with Crippen molar-refractivity contribution in [1.29, 1.82) is 0 Å². The van der Waals surface area contributed by atoms with Gasteiger partial charge in [0, 0.05) is 18.4 Å². The maximum Gasteiger partial charge on any atom is 0.0293 e. The molecule has 0 aromatic carbocycles. The predicted molar refractivity (Wildman–Crippen MR) is 69.5 cm³/mol. The standard InChI is InChI=1S/C15H20N2/c1-11(13-4-6-16-7-5-13)17-10-15-9-12-2-3-14(15)8-12/h2-7,11-12,14-15,17H,8-10H2,1H3/t11-,12?,14?,15?/m0/s1. The molecule has 1 N–H and O–H groups in total. The van der Waals surface area contributed by atoms with Gasteiger partial charge in [0.25, 0.3) is 0 Å². The molecule has 1 heterocycles. The largest absolute Gasteiger partial charge is 0.310 e. The van der Waals surface area contributed by atoms with Crippen molar-refractivity contribution in [2.45, 2.75) is 25.8 Å². The van der Waals surface area contributed by atoms with Crippen LogP contribution in [0.5, 0.6) is 0 Å². The molecule has 2 bridgehead atoms. The van der Waals surface area contributed by atoms with Crippen LogP contribution in [0.3, 0.4) is 0 Å². The van der Waals surface area contributed by atoms with Crippen molar-refractivity contribution in [2.24, 2.45) is 17.8 Å². The molecule has 0 spiro atoms. The SMILES string of the molecule is C[C@H](NCC1CC2C=CC1C2)c1ccncc1. The van der Waals surface area contributed by atoms with Crippen LogP contribution in [0.25, 0.3) is 0 Å². The minimum Gasteiger partial charge on any atom is -0.310 e. The lowest BCUT2D eigenvalue weighted by Gasteiger charge is -2.22. The van der Waals surface area contributed by atoms with Crippen LogP contribution in [-0.2, 0) is 0 Å². The van der Waals surface area contributed by atoms with Gasteiger partial charge in [0.1, 0.15) is 0 Å². The summed E-state index contributed by atoms with van der Waals surface area (Å²) in [6, 6.07) is 4.62. The number of hydrogen-bond donors (Lipinski definition) is 1. The quantitative estimate of drug-likeness (QED) is 0.801. The minimum atomic E-state index is 0.432. The van der Waals surface area contributed by atoms with Crippen LogP contribution < -0.4 is 5.32 Å². The van der Waals surface area contributed by atoms with Gasteiger partial charge in [0.15, 0.2) is 0 Å². The van der Waals surface area contributed by atoms with E-state index in [-0.39, 0.29) is 0 Å². The molecule has 4 atom stereocenters. The summed E-state index contributed by atoms with van der Waals surface area (Å²) in [5.41, 5.74) is 1.33. The lowest BCUT2D eigenvalue weighted by molar-refractivity contribution is 0.393. The molecule has 3 rings (SSSR count). The molecule has 1 fully saturated rings. The summed E-state index contributed by atoms with van der Waals surface area (Å²) in [6.45, 7) is 3.38. The zero-order chi connectivity index (χ0) is 11.7. The first-order valence-corrected chi connectivity index (χ1v) is 6.64. The molecule has 1 saturated carbocycles. The Bertz CT molecular complexity index is 399. The highest BCUT2D eigenvalue weighted by Crippen LogP contribution is 2.43. The number of hydrogen-bond acceptors (Lipinski definition) is 2. The second-order valence-electron chi connectivity index (χ2n) is 5.45. The molecule has 0 amide bonds. The lowest BCUT2D eigenvalue weighted by Crippen LogP contribution is -2.27. The fourth-order valence-electron chi connectivity index (χ4n) is 3.23. The first-order valence-electron chi connectivity index (χ1n) is 6.64. The Morgan fingerprint density at radius 1 is 1.29 bits per heavy atom. The number of nitrogens with zero attached hydrogens (tertiary/aromatic N) is 1. The van der Waals surface area contributed by atoms with Gasteiger partial charge in [-0.25, -0.2) is 0 Å². The van der Waals surface area contributed by atoms with E-state index in [0.717, 1.165) is 24.3 Å². The third-order valence-corrected chi connectivity index (χ3v) is 4.31. The van der Waals surface area contributed by atoms with Gasteiger partial charge >= 0.3 is 0 Å². The first kappa shape index (κ1) is 11.0. The molecule has 2 aliphatic rings. The van der Waals surface area contributed by atoms with E-state index in [1.165, 1.54) is 18.4 Å². The van der Waals surface area contributed by atoms with Crippen LogP contribution in [0.15, 0.2) is 36.7 Å². The summed E-state index contributed by atoms with van der Waals surface area (Å²) < 4.78 is 0. The predicted octanol–water partition coefficient (Wildman–Crippen LogP) is 2.94. The summed E-state index contributed by atoms with van der Waals surface area (Å²) in [6.07, 6.45) is 11.4. The van der Waals surface area contributed by atoms with E-state index in [1.54, 1.807) is 0 Å². The molecular formula is C15H20N2. The molecule has 3 unspecified atom stereocenters. The smallest absolute Gasteiger partial charge is 0.0293 e. The van der Waals surface area contributed by atoms with E-state index in [9.17, 15) is 0 Å². The van der Waals surface area contributed by atoms with Crippen LogP contribution in [0.4, 0.5) is 0 Å². The molecule has 1 aromatic heterocycles. The lowest BCUT2D eigenvalue weighted by atomic mass is 9.93. The molecular weight excluding hydrogens is 208 g/mol. The average molecular weight is 228 g/mol. The topological polar surface area (TPSA) is 24.9 Å². The fraction of sp³-hybridized carbons (Fsp3) is 0.533. The van der Waals surface area contributed by atoms with E-state index >= 15 is 0 Å². The number of fused-ring (bicyclic) bond motifs is 2. The van der Waals surface area contributed by atoms with E-state index in [0.29, 0.717) is 6.04 Å². The van der Waals surface area contributed by atoms with Gasteiger partial charge in [0.05, 0.1) is 0 Å². The third kappa shape index (κ3) is 2.27. The molecule has 0 aliphatic heterocycles. The number of nitrogens with one attached hydrogen (secondary N) is 1. The van der Waals surface area contributed by atoms with Gasteiger partial charge in [-0.1, -0.05) is 12.2 Å². The van der Waals surface area contributed by atoms with Crippen LogP contribution in [-0.4, -0.2) is 11.5 Å². The summed E-state index contributed by atoms with van der Waals surface area (Å²) >= 11 is 0. The Morgan fingerprint density at radius 2 is 2.12 bits per heavy atom. The van der Waals surface area contributed by atoms with E-state index in [4.69, 9.17) is 0 Å². The number of aromatic nitrogens is 1. The second kappa shape index (κ2) is 4.61. The van der Waals surface area contributed by atoms with Crippen molar-refractivity contribution in [1.82, 2.24) is 10.3 Å². The zero-order valence-corrected chi connectivity index (χ0v) is 10.3. The number of pyridine rings is 1. The van der Waals surface area contributed by atoms with E-state index in [1.807, 2.05) is 12.4 Å². The van der Waals surface area contributed by atoms with Crippen molar-refractivity contribution in [2.75, 3.05) is 6.54 Å². The van der Waals surface area contributed by atoms with Gasteiger partial charge in [0.2, 0.25) is 0 Å². The summed E-state index contributed by atoms with van der Waals surface area (Å²) in [5.74, 6) is 2.58. The Hall–Kier alpha value is -1.15. The van der Waals surface area contributed by atoms with Crippen molar-refractivity contribution in [3.8, 4) is 0 Å².